The van der Waals surface area contributed by atoms with Gasteiger partial charge in [-0.3, -0.25) is 0 Å². The fourth-order valence-corrected chi connectivity index (χ4v) is 3.50. The van der Waals surface area contributed by atoms with Gasteiger partial charge in [0.25, 0.3) is 0 Å². The zero-order valence-electron chi connectivity index (χ0n) is 15.2. The van der Waals surface area contributed by atoms with E-state index in [-0.39, 0.29) is 24.6 Å². The van der Waals surface area contributed by atoms with Gasteiger partial charge in [-0.25, -0.2) is 13.5 Å². The molecule has 0 atom stereocenters. The van der Waals surface area contributed by atoms with Gasteiger partial charge in [0.15, 0.2) is 0 Å². The smallest absolute Gasteiger partial charge is 0.212 e. The average Bonchev–Trinajstić information content (AvgIpc) is 2.98. The van der Waals surface area contributed by atoms with E-state index < -0.39 is 11.6 Å². The van der Waals surface area contributed by atoms with Crippen LogP contribution in [0.25, 0.3) is 0 Å². The van der Waals surface area contributed by atoms with E-state index in [2.05, 4.69) is 12.0 Å². The van der Waals surface area contributed by atoms with E-state index in [1.54, 1.807) is 0 Å². The zero-order valence-corrected chi connectivity index (χ0v) is 16.0. The fraction of sp³-hybridized carbons (Fsp3) is 0.550. The number of hydrogen-bond donors (Lipinski definition) is 0. The van der Waals surface area contributed by atoms with Gasteiger partial charge in [0.1, 0.15) is 18.2 Å². The topological polar surface area (TPSA) is 27.1 Å². The van der Waals surface area contributed by atoms with E-state index in [4.69, 9.17) is 4.74 Å². The summed E-state index contributed by atoms with van der Waals surface area (Å²) in [5.74, 6) is 0.366. The van der Waals surface area contributed by atoms with Crippen LogP contribution >= 0.6 is 12.4 Å². The van der Waals surface area contributed by atoms with Gasteiger partial charge in [-0.1, -0.05) is 32.6 Å². The van der Waals surface area contributed by atoms with Gasteiger partial charge < -0.3 is 4.74 Å². The molecule has 1 aliphatic rings. The van der Waals surface area contributed by atoms with Crippen molar-refractivity contribution in [3.8, 4) is 5.88 Å². The molecule has 0 unspecified atom stereocenters. The molecule has 144 valence electrons. The number of nitrogens with zero attached hydrogens (tertiary/aromatic N) is 2. The summed E-state index contributed by atoms with van der Waals surface area (Å²) in [4.78, 5) is 0. The molecule has 3 rings (SSSR count). The Morgan fingerprint density at radius 2 is 1.92 bits per heavy atom. The SMILES string of the molecule is CCCc1cc(OCc2cc(F)ccc2F)n(CC2CCCCC2)n1.Cl. The lowest BCUT2D eigenvalue weighted by Gasteiger charge is -2.22. The second kappa shape index (κ2) is 9.91. The van der Waals surface area contributed by atoms with E-state index in [0.717, 1.165) is 37.2 Å². The van der Waals surface area contributed by atoms with Crippen molar-refractivity contribution >= 4 is 12.4 Å². The Hall–Kier alpha value is -1.62. The van der Waals surface area contributed by atoms with Crippen LogP contribution in [0, 0.1) is 17.6 Å². The van der Waals surface area contributed by atoms with Crippen molar-refractivity contribution in [1.29, 1.82) is 0 Å². The van der Waals surface area contributed by atoms with Gasteiger partial charge in [0, 0.05) is 18.2 Å². The predicted molar refractivity (Wildman–Crippen MR) is 101 cm³/mol. The number of rotatable bonds is 7. The lowest BCUT2D eigenvalue weighted by Crippen LogP contribution is -2.16. The second-order valence-electron chi connectivity index (χ2n) is 6.93. The van der Waals surface area contributed by atoms with E-state index in [9.17, 15) is 8.78 Å². The molecule has 2 aromatic rings. The van der Waals surface area contributed by atoms with Gasteiger partial charge in [0.2, 0.25) is 5.88 Å². The predicted octanol–water partition coefficient (Wildman–Crippen LogP) is 5.69. The van der Waals surface area contributed by atoms with Crippen LogP contribution in [0.1, 0.15) is 56.7 Å². The molecule has 0 amide bonds. The van der Waals surface area contributed by atoms with Gasteiger partial charge >= 0.3 is 0 Å². The Morgan fingerprint density at radius 3 is 2.65 bits per heavy atom. The van der Waals surface area contributed by atoms with E-state index in [0.29, 0.717) is 11.8 Å². The lowest BCUT2D eigenvalue weighted by atomic mass is 9.89. The molecule has 1 aliphatic carbocycles. The molecule has 1 heterocycles. The highest BCUT2D eigenvalue weighted by atomic mass is 35.5. The number of benzene rings is 1. The van der Waals surface area contributed by atoms with Crippen LogP contribution in [0.5, 0.6) is 5.88 Å². The average molecular weight is 385 g/mol. The molecular weight excluding hydrogens is 358 g/mol. The third kappa shape index (κ3) is 5.44. The molecular formula is C20H27ClF2N2O. The summed E-state index contributed by atoms with van der Waals surface area (Å²) in [6.07, 6.45) is 8.22. The van der Waals surface area contributed by atoms with E-state index in [1.807, 2.05) is 10.7 Å². The molecule has 0 N–H and O–H groups in total. The van der Waals surface area contributed by atoms with Crippen molar-refractivity contribution in [2.24, 2.45) is 5.92 Å². The Labute approximate surface area is 160 Å². The monoisotopic (exact) mass is 384 g/mol. The number of ether oxygens (including phenoxy) is 1. The molecule has 0 spiro atoms. The lowest BCUT2D eigenvalue weighted by molar-refractivity contribution is 0.242. The molecule has 6 heteroatoms. The first-order valence-corrected chi connectivity index (χ1v) is 9.29. The van der Waals surface area contributed by atoms with Crippen molar-refractivity contribution in [2.45, 2.75) is 65.0 Å². The number of halogens is 3. The zero-order chi connectivity index (χ0) is 17.6. The van der Waals surface area contributed by atoms with Crippen molar-refractivity contribution < 1.29 is 13.5 Å². The summed E-state index contributed by atoms with van der Waals surface area (Å²) in [7, 11) is 0. The van der Waals surface area contributed by atoms with Crippen LogP contribution < -0.4 is 4.74 Å². The number of hydrogen-bond acceptors (Lipinski definition) is 2. The van der Waals surface area contributed by atoms with E-state index in [1.165, 1.54) is 38.2 Å². The van der Waals surface area contributed by atoms with Crippen LogP contribution in [0.3, 0.4) is 0 Å². The number of aromatic nitrogens is 2. The molecule has 1 aromatic carbocycles. The third-order valence-corrected chi connectivity index (χ3v) is 4.84. The maximum Gasteiger partial charge on any atom is 0.212 e. The molecule has 3 nitrogen and oxygen atoms in total. The van der Waals surface area contributed by atoms with Crippen molar-refractivity contribution in [3.05, 3.63) is 47.2 Å². The molecule has 26 heavy (non-hydrogen) atoms. The first-order valence-electron chi connectivity index (χ1n) is 9.29. The van der Waals surface area contributed by atoms with Crippen molar-refractivity contribution in [1.82, 2.24) is 9.78 Å². The Kier molecular flexibility index (Phi) is 7.88. The molecule has 0 saturated heterocycles. The van der Waals surface area contributed by atoms with Crippen molar-refractivity contribution in [3.63, 3.8) is 0 Å². The summed E-state index contributed by atoms with van der Waals surface area (Å²) in [5, 5.41) is 4.67. The largest absolute Gasteiger partial charge is 0.473 e. The third-order valence-electron chi connectivity index (χ3n) is 4.84. The summed E-state index contributed by atoms with van der Waals surface area (Å²) >= 11 is 0. The van der Waals surface area contributed by atoms with Gasteiger partial charge in [-0.2, -0.15) is 5.10 Å². The van der Waals surface area contributed by atoms with Gasteiger partial charge in [-0.15, -0.1) is 12.4 Å². The normalized spacial score (nSPS) is 14.9. The first-order chi connectivity index (χ1) is 12.2. The second-order valence-corrected chi connectivity index (χ2v) is 6.93. The highest BCUT2D eigenvalue weighted by Crippen LogP contribution is 2.27. The standard InChI is InChI=1S/C20H26F2N2O.ClH/c1-2-6-18-12-20(24(23-18)13-15-7-4-3-5-8-15)25-14-16-11-17(21)9-10-19(16)22;/h9-12,15H,2-8,13-14H2,1H3;1H. The molecule has 0 bridgehead atoms. The summed E-state index contributed by atoms with van der Waals surface area (Å²) < 4.78 is 34.9. The minimum absolute atomic E-state index is 0. The van der Waals surface area contributed by atoms with E-state index >= 15 is 0 Å². The number of aryl methyl sites for hydroxylation is 1. The molecule has 1 saturated carbocycles. The van der Waals surface area contributed by atoms with Crippen LogP contribution in [-0.2, 0) is 19.6 Å². The highest BCUT2D eigenvalue weighted by molar-refractivity contribution is 5.85. The summed E-state index contributed by atoms with van der Waals surface area (Å²) in [6, 6.07) is 5.37. The van der Waals surface area contributed by atoms with Crippen LogP contribution in [0.4, 0.5) is 8.78 Å². The summed E-state index contributed by atoms with van der Waals surface area (Å²) in [6.45, 7) is 2.96. The molecule has 0 radical (unpaired) electrons. The van der Waals surface area contributed by atoms with Gasteiger partial charge in [0.05, 0.1) is 5.69 Å². The Bertz CT molecular complexity index is 699. The Balaban J connectivity index is 0.00000243. The molecule has 1 fully saturated rings. The molecule has 1 aromatic heterocycles. The van der Waals surface area contributed by atoms with Crippen LogP contribution in [0.2, 0.25) is 0 Å². The van der Waals surface area contributed by atoms with Crippen molar-refractivity contribution in [2.75, 3.05) is 0 Å². The fourth-order valence-electron chi connectivity index (χ4n) is 3.50. The molecule has 0 aliphatic heterocycles. The minimum Gasteiger partial charge on any atom is -0.473 e. The van der Waals surface area contributed by atoms with Crippen LogP contribution in [0.15, 0.2) is 24.3 Å². The van der Waals surface area contributed by atoms with Crippen LogP contribution in [-0.4, -0.2) is 9.78 Å². The highest BCUT2D eigenvalue weighted by Gasteiger charge is 2.18. The quantitative estimate of drug-likeness (QED) is 0.612. The van der Waals surface area contributed by atoms with Gasteiger partial charge in [-0.05, 0) is 43.4 Å². The minimum atomic E-state index is -0.456. The maximum absolute atomic E-state index is 13.8. The Morgan fingerprint density at radius 1 is 1.15 bits per heavy atom. The maximum atomic E-state index is 13.8. The first kappa shape index (κ1) is 20.7. The summed E-state index contributed by atoms with van der Waals surface area (Å²) in [5.41, 5.74) is 1.22.